The molecule has 0 saturated heterocycles. The lowest BCUT2D eigenvalue weighted by atomic mass is 9.98. The molecule has 2 heterocycles. The maximum absolute atomic E-state index is 13.0. The van der Waals surface area contributed by atoms with Crippen LogP contribution in [-0.4, -0.2) is 21.6 Å². The minimum absolute atomic E-state index is 0.0847. The van der Waals surface area contributed by atoms with Crippen molar-refractivity contribution in [2.45, 2.75) is 12.5 Å². The molecule has 1 unspecified atom stereocenters. The molecule has 2 aromatic carbocycles. The third-order valence-electron chi connectivity index (χ3n) is 4.34. The molecule has 0 N–H and O–H groups in total. The van der Waals surface area contributed by atoms with Crippen LogP contribution in [-0.2, 0) is 0 Å². The number of hydrogen-bond donors (Lipinski definition) is 0. The van der Waals surface area contributed by atoms with Gasteiger partial charge in [0.15, 0.2) is 0 Å². The molecular weight excluding hydrogens is 310 g/mol. The second-order valence-electron chi connectivity index (χ2n) is 5.93. The zero-order chi connectivity index (χ0) is 17.1. The van der Waals surface area contributed by atoms with Crippen LogP contribution in [0.5, 0.6) is 0 Å². The minimum atomic E-state index is -0.0999. The molecule has 4 nitrogen and oxygen atoms in total. The average molecular weight is 327 g/mol. The summed E-state index contributed by atoms with van der Waals surface area (Å²) in [6, 6.07) is 23.1. The molecule has 1 aliphatic heterocycles. The highest BCUT2D eigenvalue weighted by Crippen LogP contribution is 2.33. The van der Waals surface area contributed by atoms with E-state index in [1.165, 1.54) is 0 Å². The van der Waals surface area contributed by atoms with Crippen LogP contribution >= 0.6 is 0 Å². The number of amides is 1. The summed E-state index contributed by atoms with van der Waals surface area (Å²) in [6.07, 6.45) is 4.18. The molecule has 122 valence electrons. The van der Waals surface area contributed by atoms with E-state index in [9.17, 15) is 4.79 Å². The molecule has 1 amide bonds. The first kappa shape index (κ1) is 15.3. The summed E-state index contributed by atoms with van der Waals surface area (Å²) in [4.78, 5) is 17.1. The van der Waals surface area contributed by atoms with Crippen molar-refractivity contribution in [2.75, 3.05) is 0 Å². The van der Waals surface area contributed by atoms with Gasteiger partial charge in [-0.2, -0.15) is 5.10 Å². The highest BCUT2D eigenvalue weighted by Gasteiger charge is 2.33. The van der Waals surface area contributed by atoms with Gasteiger partial charge in [0.25, 0.3) is 5.91 Å². The lowest BCUT2D eigenvalue weighted by Crippen LogP contribution is -2.27. The highest BCUT2D eigenvalue weighted by molar-refractivity contribution is 6.04. The maximum atomic E-state index is 13.0. The highest BCUT2D eigenvalue weighted by atomic mass is 16.2. The number of nitrogens with zero attached hydrogens (tertiary/aromatic N) is 3. The van der Waals surface area contributed by atoms with Crippen LogP contribution in [0.4, 0.5) is 0 Å². The monoisotopic (exact) mass is 327 g/mol. The third kappa shape index (κ3) is 3.06. The topological polar surface area (TPSA) is 45.6 Å². The summed E-state index contributed by atoms with van der Waals surface area (Å²) in [5.74, 6) is -0.0847. The lowest BCUT2D eigenvalue weighted by molar-refractivity contribution is 0.0711. The van der Waals surface area contributed by atoms with E-state index in [1.54, 1.807) is 17.4 Å². The molecule has 0 saturated carbocycles. The molecule has 0 aliphatic carbocycles. The normalized spacial score (nSPS) is 16.6. The van der Waals surface area contributed by atoms with Crippen LogP contribution in [0, 0.1) is 0 Å². The average Bonchev–Trinajstić information content (AvgIpc) is 3.15. The van der Waals surface area contributed by atoms with Gasteiger partial charge in [-0.1, -0.05) is 48.5 Å². The van der Waals surface area contributed by atoms with Crippen LogP contribution in [0.25, 0.3) is 0 Å². The van der Waals surface area contributed by atoms with Crippen molar-refractivity contribution in [2.24, 2.45) is 5.10 Å². The Morgan fingerprint density at radius 2 is 1.52 bits per heavy atom. The molecule has 1 aliphatic rings. The quantitative estimate of drug-likeness (QED) is 0.728. The van der Waals surface area contributed by atoms with Crippen molar-refractivity contribution in [3.63, 3.8) is 0 Å². The van der Waals surface area contributed by atoms with Crippen molar-refractivity contribution < 1.29 is 4.79 Å². The van der Waals surface area contributed by atoms with E-state index in [-0.39, 0.29) is 11.9 Å². The van der Waals surface area contributed by atoms with Crippen LogP contribution < -0.4 is 0 Å². The Balaban J connectivity index is 1.73. The number of carbonyl (C=O) groups is 1. The number of hydrazone groups is 1. The summed E-state index contributed by atoms with van der Waals surface area (Å²) < 4.78 is 0. The third-order valence-corrected chi connectivity index (χ3v) is 4.34. The fraction of sp³-hybridized carbons (Fsp3) is 0.0952. The van der Waals surface area contributed by atoms with Gasteiger partial charge in [0.05, 0.1) is 11.8 Å². The second-order valence-corrected chi connectivity index (χ2v) is 5.93. The molecule has 0 fully saturated rings. The minimum Gasteiger partial charge on any atom is -0.267 e. The standard InChI is InChI=1S/C21H17N3O/c25-21(18-9-5-2-6-10-18)24-20(17-7-3-1-4-8-17)15-19(23-24)16-11-13-22-14-12-16/h1-14,20H,15H2. The predicted molar refractivity (Wildman–Crippen MR) is 97.2 cm³/mol. The van der Waals surface area contributed by atoms with Crippen molar-refractivity contribution >= 4 is 11.6 Å². The molecule has 25 heavy (non-hydrogen) atoms. The number of rotatable bonds is 3. The van der Waals surface area contributed by atoms with Crippen LogP contribution in [0.1, 0.15) is 33.9 Å². The molecule has 4 rings (SSSR count). The zero-order valence-corrected chi connectivity index (χ0v) is 13.6. The van der Waals surface area contributed by atoms with Gasteiger partial charge in [0.1, 0.15) is 0 Å². The summed E-state index contributed by atoms with van der Waals surface area (Å²) in [5, 5.41) is 6.28. The van der Waals surface area contributed by atoms with Gasteiger partial charge in [-0.25, -0.2) is 5.01 Å². The van der Waals surface area contributed by atoms with E-state index in [4.69, 9.17) is 0 Å². The molecule has 4 heteroatoms. The largest absolute Gasteiger partial charge is 0.274 e. The molecular formula is C21H17N3O. The van der Waals surface area contributed by atoms with Crippen molar-refractivity contribution in [3.8, 4) is 0 Å². The SMILES string of the molecule is O=C(c1ccccc1)N1N=C(c2ccncc2)CC1c1ccccc1. The van der Waals surface area contributed by atoms with Crippen molar-refractivity contribution in [1.82, 2.24) is 9.99 Å². The Morgan fingerprint density at radius 1 is 0.880 bits per heavy atom. The number of pyridine rings is 1. The van der Waals surface area contributed by atoms with E-state index in [1.807, 2.05) is 72.8 Å². The number of carbonyl (C=O) groups excluding carboxylic acids is 1. The smallest absolute Gasteiger partial charge is 0.267 e. The Kier molecular flexibility index (Phi) is 4.09. The maximum Gasteiger partial charge on any atom is 0.274 e. The Hall–Kier alpha value is -3.27. The number of aromatic nitrogens is 1. The van der Waals surface area contributed by atoms with E-state index < -0.39 is 0 Å². The fourth-order valence-electron chi connectivity index (χ4n) is 3.06. The van der Waals surface area contributed by atoms with Gasteiger partial charge in [0, 0.05) is 29.9 Å². The van der Waals surface area contributed by atoms with Crippen molar-refractivity contribution in [1.29, 1.82) is 0 Å². The van der Waals surface area contributed by atoms with E-state index in [0.29, 0.717) is 12.0 Å². The zero-order valence-electron chi connectivity index (χ0n) is 13.6. The van der Waals surface area contributed by atoms with Gasteiger partial charge >= 0.3 is 0 Å². The lowest BCUT2D eigenvalue weighted by Gasteiger charge is -2.22. The molecule has 0 bridgehead atoms. The van der Waals surface area contributed by atoms with Gasteiger partial charge in [0.2, 0.25) is 0 Å². The first-order valence-electron chi connectivity index (χ1n) is 8.24. The van der Waals surface area contributed by atoms with E-state index in [2.05, 4.69) is 10.1 Å². The molecule has 3 aromatic rings. The Bertz CT molecular complexity index is 892. The predicted octanol–water partition coefficient (Wildman–Crippen LogP) is 4.07. The fourth-order valence-corrected chi connectivity index (χ4v) is 3.06. The summed E-state index contributed by atoms with van der Waals surface area (Å²) in [5.41, 5.74) is 3.63. The number of benzene rings is 2. The summed E-state index contributed by atoms with van der Waals surface area (Å²) in [7, 11) is 0. The molecule has 0 spiro atoms. The molecule has 0 radical (unpaired) electrons. The molecule has 1 atom stereocenters. The summed E-state index contributed by atoms with van der Waals surface area (Å²) >= 11 is 0. The Morgan fingerprint density at radius 3 is 2.20 bits per heavy atom. The van der Waals surface area contributed by atoms with Crippen LogP contribution in [0.3, 0.4) is 0 Å². The van der Waals surface area contributed by atoms with Gasteiger partial charge in [-0.05, 0) is 29.8 Å². The first-order chi connectivity index (χ1) is 12.3. The first-order valence-corrected chi connectivity index (χ1v) is 8.24. The van der Waals surface area contributed by atoms with Crippen LogP contribution in [0.15, 0.2) is 90.3 Å². The molecule has 1 aromatic heterocycles. The van der Waals surface area contributed by atoms with Crippen molar-refractivity contribution in [3.05, 3.63) is 102 Å². The van der Waals surface area contributed by atoms with Gasteiger partial charge in [-0.15, -0.1) is 0 Å². The Labute approximate surface area is 146 Å². The van der Waals surface area contributed by atoms with E-state index in [0.717, 1.165) is 16.8 Å². The van der Waals surface area contributed by atoms with Crippen LogP contribution in [0.2, 0.25) is 0 Å². The van der Waals surface area contributed by atoms with Gasteiger partial charge < -0.3 is 0 Å². The number of hydrogen-bond acceptors (Lipinski definition) is 3. The summed E-state index contributed by atoms with van der Waals surface area (Å²) in [6.45, 7) is 0. The second kappa shape index (κ2) is 6.69. The van der Waals surface area contributed by atoms with Gasteiger partial charge in [-0.3, -0.25) is 9.78 Å². The van der Waals surface area contributed by atoms with E-state index >= 15 is 0 Å².